The van der Waals surface area contributed by atoms with Gasteiger partial charge in [-0.2, -0.15) is 0 Å². The summed E-state index contributed by atoms with van der Waals surface area (Å²) in [5.41, 5.74) is 1.15. The number of allylic oxidation sites excluding steroid dienone is 1. The number of oxime groups is 1. The van der Waals surface area contributed by atoms with E-state index in [4.69, 9.17) is 9.94 Å². The van der Waals surface area contributed by atoms with Crippen LogP contribution < -0.4 is 0 Å². The Balaban J connectivity index is 2.39. The minimum Gasteiger partial charge on any atom is -0.411 e. The predicted octanol–water partition coefficient (Wildman–Crippen LogP) is 3.39. The van der Waals surface area contributed by atoms with Crippen LogP contribution in [-0.2, 0) is 11.3 Å². The molecule has 0 saturated carbocycles. The summed E-state index contributed by atoms with van der Waals surface area (Å²) < 4.78 is 5.78. The maximum absolute atomic E-state index is 8.42. The summed E-state index contributed by atoms with van der Waals surface area (Å²) >= 11 is 0. The Kier molecular flexibility index (Phi) is 6.75. The summed E-state index contributed by atoms with van der Waals surface area (Å²) in [5, 5.41) is 11.4. The zero-order valence-electron chi connectivity index (χ0n) is 9.96. The van der Waals surface area contributed by atoms with Crippen molar-refractivity contribution in [3.05, 3.63) is 48.6 Å². The van der Waals surface area contributed by atoms with E-state index < -0.39 is 0 Å². The zero-order valence-corrected chi connectivity index (χ0v) is 9.96. The minimum absolute atomic E-state index is 0.0732. The molecule has 0 radical (unpaired) electrons. The molecule has 1 unspecified atom stereocenters. The number of benzene rings is 1. The molecule has 0 bridgehead atoms. The third-order valence-corrected chi connectivity index (χ3v) is 2.47. The molecule has 1 N–H and O–H groups in total. The Bertz CT molecular complexity index is 335. The number of hydrogen-bond acceptors (Lipinski definition) is 3. The number of ether oxygens (including phenoxy) is 1. The Labute approximate surface area is 102 Å². The molecular formula is C14H19NO2. The van der Waals surface area contributed by atoms with Gasteiger partial charge in [0.2, 0.25) is 0 Å². The third-order valence-electron chi connectivity index (χ3n) is 2.47. The fourth-order valence-corrected chi connectivity index (χ4v) is 1.53. The second kappa shape index (κ2) is 8.53. The molecule has 1 rings (SSSR count). The molecule has 0 aromatic heterocycles. The van der Waals surface area contributed by atoms with Crippen molar-refractivity contribution in [2.45, 2.75) is 32.0 Å². The van der Waals surface area contributed by atoms with Crippen LogP contribution in [0.15, 0.2) is 48.1 Å². The lowest BCUT2D eigenvalue weighted by Crippen LogP contribution is -2.13. The number of nitrogens with zero attached hydrogens (tertiary/aromatic N) is 1. The summed E-state index contributed by atoms with van der Waals surface area (Å²) in [6.45, 7) is 4.28. The summed E-state index contributed by atoms with van der Waals surface area (Å²) in [4.78, 5) is 0. The molecule has 1 aromatic carbocycles. The molecular weight excluding hydrogens is 214 g/mol. The molecule has 0 aliphatic rings. The Morgan fingerprint density at radius 3 is 2.76 bits per heavy atom. The van der Waals surface area contributed by atoms with E-state index in [1.165, 1.54) is 6.21 Å². The molecule has 0 amide bonds. The van der Waals surface area contributed by atoms with Crippen molar-refractivity contribution < 1.29 is 9.94 Å². The molecule has 0 spiro atoms. The highest BCUT2D eigenvalue weighted by Crippen LogP contribution is 2.10. The zero-order chi connectivity index (χ0) is 12.3. The average molecular weight is 233 g/mol. The molecule has 0 aliphatic heterocycles. The van der Waals surface area contributed by atoms with Crippen molar-refractivity contribution in [1.29, 1.82) is 0 Å². The first-order valence-corrected chi connectivity index (χ1v) is 5.79. The van der Waals surface area contributed by atoms with E-state index in [0.29, 0.717) is 13.0 Å². The SMILES string of the molecule is C=CCCC(C/C=N/O)OCc1ccccc1. The minimum atomic E-state index is 0.0732. The molecule has 1 aromatic rings. The quantitative estimate of drug-likeness (QED) is 0.323. The first kappa shape index (κ1) is 13.5. The first-order chi connectivity index (χ1) is 8.36. The second-order valence-electron chi connectivity index (χ2n) is 3.82. The average Bonchev–Trinajstić information content (AvgIpc) is 2.39. The smallest absolute Gasteiger partial charge is 0.0720 e. The second-order valence-corrected chi connectivity index (χ2v) is 3.82. The van der Waals surface area contributed by atoms with Crippen LogP contribution in [0.25, 0.3) is 0 Å². The Morgan fingerprint density at radius 2 is 2.12 bits per heavy atom. The molecule has 3 heteroatoms. The van der Waals surface area contributed by atoms with Gasteiger partial charge in [0, 0.05) is 12.6 Å². The molecule has 0 heterocycles. The highest BCUT2D eigenvalue weighted by molar-refractivity contribution is 5.56. The van der Waals surface area contributed by atoms with Gasteiger partial charge in [-0.05, 0) is 18.4 Å². The highest BCUT2D eigenvalue weighted by Gasteiger charge is 2.07. The lowest BCUT2D eigenvalue weighted by atomic mass is 10.1. The van der Waals surface area contributed by atoms with Crippen LogP contribution in [0.5, 0.6) is 0 Å². The summed E-state index contributed by atoms with van der Waals surface area (Å²) in [6.07, 6.45) is 5.83. The van der Waals surface area contributed by atoms with Gasteiger partial charge in [0.15, 0.2) is 0 Å². The van der Waals surface area contributed by atoms with Gasteiger partial charge < -0.3 is 9.94 Å². The van der Waals surface area contributed by atoms with E-state index in [1.54, 1.807) is 0 Å². The van der Waals surface area contributed by atoms with Gasteiger partial charge in [-0.3, -0.25) is 0 Å². The van der Waals surface area contributed by atoms with Gasteiger partial charge in [-0.1, -0.05) is 36.4 Å². The molecule has 0 fully saturated rings. The maximum Gasteiger partial charge on any atom is 0.0720 e. The van der Waals surface area contributed by atoms with Crippen molar-refractivity contribution in [3.63, 3.8) is 0 Å². The van der Waals surface area contributed by atoms with E-state index in [-0.39, 0.29) is 6.10 Å². The lowest BCUT2D eigenvalue weighted by molar-refractivity contribution is 0.0408. The van der Waals surface area contributed by atoms with Crippen molar-refractivity contribution in [2.24, 2.45) is 5.16 Å². The first-order valence-electron chi connectivity index (χ1n) is 5.79. The highest BCUT2D eigenvalue weighted by atomic mass is 16.5. The summed E-state index contributed by atoms with van der Waals surface area (Å²) in [7, 11) is 0. The molecule has 3 nitrogen and oxygen atoms in total. The Morgan fingerprint density at radius 1 is 1.35 bits per heavy atom. The topological polar surface area (TPSA) is 41.8 Å². The van der Waals surface area contributed by atoms with E-state index in [2.05, 4.69) is 11.7 Å². The van der Waals surface area contributed by atoms with E-state index in [0.717, 1.165) is 18.4 Å². The lowest BCUT2D eigenvalue weighted by Gasteiger charge is -2.15. The molecule has 1 atom stereocenters. The van der Waals surface area contributed by atoms with Crippen molar-refractivity contribution in [1.82, 2.24) is 0 Å². The largest absolute Gasteiger partial charge is 0.411 e. The van der Waals surface area contributed by atoms with Gasteiger partial charge in [0.1, 0.15) is 0 Å². The van der Waals surface area contributed by atoms with Gasteiger partial charge in [-0.25, -0.2) is 0 Å². The van der Waals surface area contributed by atoms with Crippen LogP contribution in [0.1, 0.15) is 24.8 Å². The van der Waals surface area contributed by atoms with Crippen LogP contribution in [0, 0.1) is 0 Å². The van der Waals surface area contributed by atoms with Crippen LogP contribution in [-0.4, -0.2) is 17.5 Å². The van der Waals surface area contributed by atoms with E-state index in [1.807, 2.05) is 36.4 Å². The molecule has 0 aliphatic carbocycles. The normalized spacial score (nSPS) is 12.7. The van der Waals surface area contributed by atoms with Gasteiger partial charge in [0.25, 0.3) is 0 Å². The fraction of sp³-hybridized carbons (Fsp3) is 0.357. The van der Waals surface area contributed by atoms with E-state index in [9.17, 15) is 0 Å². The van der Waals surface area contributed by atoms with Gasteiger partial charge in [0.05, 0.1) is 12.7 Å². The maximum atomic E-state index is 8.42. The van der Waals surface area contributed by atoms with Crippen molar-refractivity contribution in [3.8, 4) is 0 Å². The van der Waals surface area contributed by atoms with Crippen LogP contribution >= 0.6 is 0 Å². The monoisotopic (exact) mass is 233 g/mol. The van der Waals surface area contributed by atoms with Crippen LogP contribution in [0.4, 0.5) is 0 Å². The van der Waals surface area contributed by atoms with Crippen LogP contribution in [0.3, 0.4) is 0 Å². The predicted molar refractivity (Wildman–Crippen MR) is 69.3 cm³/mol. The van der Waals surface area contributed by atoms with Gasteiger partial charge in [-0.15, -0.1) is 11.7 Å². The Hall–Kier alpha value is -1.61. The van der Waals surface area contributed by atoms with Crippen molar-refractivity contribution >= 4 is 6.21 Å². The third kappa shape index (κ3) is 5.88. The molecule has 92 valence electrons. The summed E-state index contributed by atoms with van der Waals surface area (Å²) in [5.74, 6) is 0. The van der Waals surface area contributed by atoms with Gasteiger partial charge >= 0.3 is 0 Å². The molecule has 0 saturated heterocycles. The standard InChI is InChI=1S/C14H19NO2/c1-2-3-9-14(10-11-15-16)17-12-13-7-5-4-6-8-13/h2,4-8,11,14,16H,1,3,9-10,12H2/b15-11+. The molecule has 17 heavy (non-hydrogen) atoms. The fourth-order valence-electron chi connectivity index (χ4n) is 1.53. The number of rotatable bonds is 8. The number of hydrogen-bond donors (Lipinski definition) is 1. The van der Waals surface area contributed by atoms with Crippen molar-refractivity contribution in [2.75, 3.05) is 0 Å². The van der Waals surface area contributed by atoms with Crippen LogP contribution in [0.2, 0.25) is 0 Å². The van der Waals surface area contributed by atoms with E-state index >= 15 is 0 Å². The summed E-state index contributed by atoms with van der Waals surface area (Å²) in [6, 6.07) is 10.0.